The largest absolute Gasteiger partial charge is 0.335 e. The molecular formula is C22H24N4O2. The van der Waals surface area contributed by atoms with Gasteiger partial charge in [-0.3, -0.25) is 4.79 Å². The van der Waals surface area contributed by atoms with E-state index in [0.717, 1.165) is 11.1 Å². The van der Waals surface area contributed by atoms with Crippen molar-refractivity contribution in [1.82, 2.24) is 9.80 Å². The first-order chi connectivity index (χ1) is 13.4. The Hall–Kier alpha value is -3.33. The minimum Gasteiger partial charge on any atom is -0.335 e. The van der Waals surface area contributed by atoms with Crippen molar-refractivity contribution in [2.75, 3.05) is 25.0 Å². The van der Waals surface area contributed by atoms with Crippen LogP contribution in [0, 0.1) is 32.1 Å². The fourth-order valence-corrected chi connectivity index (χ4v) is 3.19. The molecule has 1 aliphatic heterocycles. The lowest BCUT2D eigenvalue weighted by Crippen LogP contribution is -2.52. The van der Waals surface area contributed by atoms with E-state index >= 15 is 0 Å². The van der Waals surface area contributed by atoms with Crippen LogP contribution in [0.15, 0.2) is 36.4 Å². The fraction of sp³-hybridized carbons (Fsp3) is 0.318. The molecule has 6 heteroatoms. The third kappa shape index (κ3) is 4.32. The highest BCUT2D eigenvalue weighted by molar-refractivity contribution is 5.93. The number of anilines is 1. The Labute approximate surface area is 165 Å². The average Bonchev–Trinajstić information content (AvgIpc) is 2.67. The maximum atomic E-state index is 12.5. The molecule has 1 aliphatic rings. The number of benzene rings is 2. The van der Waals surface area contributed by atoms with E-state index in [1.165, 1.54) is 16.0 Å². The number of carbonyl (C=O) groups is 2. The van der Waals surface area contributed by atoms with Gasteiger partial charge in [0, 0.05) is 25.3 Å². The second-order valence-corrected chi connectivity index (χ2v) is 7.23. The van der Waals surface area contributed by atoms with Crippen molar-refractivity contribution in [2.45, 2.75) is 27.3 Å². The fourth-order valence-electron chi connectivity index (χ4n) is 3.19. The Balaban J connectivity index is 1.60. The molecule has 1 N–H and O–H groups in total. The molecule has 2 aromatic carbocycles. The maximum Gasteiger partial charge on any atom is 0.322 e. The monoisotopic (exact) mass is 376 g/mol. The number of urea groups is 1. The lowest BCUT2D eigenvalue weighted by molar-refractivity contribution is -0.135. The number of piperazine rings is 1. The van der Waals surface area contributed by atoms with E-state index in [0.29, 0.717) is 30.9 Å². The van der Waals surface area contributed by atoms with E-state index in [1.54, 1.807) is 23.1 Å². The minimum absolute atomic E-state index is 0.0493. The summed E-state index contributed by atoms with van der Waals surface area (Å²) in [6.45, 7) is 7.54. The van der Waals surface area contributed by atoms with Crippen LogP contribution in [0.3, 0.4) is 0 Å². The summed E-state index contributed by atoms with van der Waals surface area (Å²) >= 11 is 0. The third-order valence-corrected chi connectivity index (χ3v) is 5.16. The van der Waals surface area contributed by atoms with Crippen molar-refractivity contribution in [3.63, 3.8) is 0 Å². The van der Waals surface area contributed by atoms with Gasteiger partial charge in [-0.15, -0.1) is 0 Å². The van der Waals surface area contributed by atoms with E-state index in [2.05, 4.69) is 37.4 Å². The summed E-state index contributed by atoms with van der Waals surface area (Å²) in [5.41, 5.74) is 5.46. The van der Waals surface area contributed by atoms with Gasteiger partial charge in [-0.1, -0.05) is 24.3 Å². The molecule has 6 nitrogen and oxygen atoms in total. The summed E-state index contributed by atoms with van der Waals surface area (Å²) in [5, 5.41) is 11.9. The Bertz CT molecular complexity index is 961. The van der Waals surface area contributed by atoms with E-state index in [4.69, 9.17) is 5.26 Å². The molecule has 1 saturated heterocycles. The van der Waals surface area contributed by atoms with E-state index < -0.39 is 0 Å². The highest BCUT2D eigenvalue weighted by Crippen LogP contribution is 2.17. The minimum atomic E-state index is -0.327. The lowest BCUT2D eigenvalue weighted by Gasteiger charge is -2.34. The number of nitrogens with one attached hydrogen (secondary N) is 1. The van der Waals surface area contributed by atoms with Crippen molar-refractivity contribution in [3.05, 3.63) is 64.2 Å². The smallest absolute Gasteiger partial charge is 0.322 e. The first kappa shape index (κ1) is 19.4. The van der Waals surface area contributed by atoms with Crippen molar-refractivity contribution < 1.29 is 9.59 Å². The molecule has 0 atom stereocenters. The van der Waals surface area contributed by atoms with Gasteiger partial charge in [0.2, 0.25) is 5.91 Å². The Morgan fingerprint density at radius 2 is 1.82 bits per heavy atom. The van der Waals surface area contributed by atoms with Gasteiger partial charge in [0.25, 0.3) is 0 Å². The molecular weight excluding hydrogens is 352 g/mol. The standard InChI is InChI=1S/C22H24N4O2/c1-15-4-6-18(10-17(15)3)13-25-8-9-26(14-21(25)27)22(28)24-20-7-5-16(2)19(11-20)12-23/h4-7,10-11H,8-9,13-14H2,1-3H3,(H,24,28). The van der Waals surface area contributed by atoms with Crippen LogP contribution in [-0.2, 0) is 11.3 Å². The molecule has 1 heterocycles. The topological polar surface area (TPSA) is 76.4 Å². The number of hydrogen-bond donors (Lipinski definition) is 1. The second-order valence-electron chi connectivity index (χ2n) is 7.23. The molecule has 28 heavy (non-hydrogen) atoms. The molecule has 0 aromatic heterocycles. The number of hydrogen-bond acceptors (Lipinski definition) is 3. The van der Waals surface area contributed by atoms with Gasteiger partial charge >= 0.3 is 6.03 Å². The zero-order chi connectivity index (χ0) is 20.3. The van der Waals surface area contributed by atoms with E-state index in [9.17, 15) is 9.59 Å². The van der Waals surface area contributed by atoms with Crippen LogP contribution in [0.5, 0.6) is 0 Å². The molecule has 0 spiro atoms. The summed E-state index contributed by atoms with van der Waals surface area (Å²) in [5.74, 6) is -0.0683. The summed E-state index contributed by atoms with van der Waals surface area (Å²) in [7, 11) is 0. The van der Waals surface area contributed by atoms with Crippen molar-refractivity contribution in [1.29, 1.82) is 5.26 Å². The van der Waals surface area contributed by atoms with Gasteiger partial charge in [-0.05, 0) is 55.2 Å². The SMILES string of the molecule is Cc1ccc(CN2CCN(C(=O)Nc3ccc(C)c(C#N)c3)CC2=O)cc1C. The molecule has 3 rings (SSSR count). The molecule has 0 aliphatic carbocycles. The van der Waals surface area contributed by atoms with Crippen LogP contribution in [0.25, 0.3) is 0 Å². The summed E-state index contributed by atoms with van der Waals surface area (Å²) < 4.78 is 0. The molecule has 3 amide bonds. The number of aryl methyl sites for hydroxylation is 3. The molecule has 0 bridgehead atoms. The van der Waals surface area contributed by atoms with Gasteiger partial charge in [0.05, 0.1) is 11.6 Å². The normalized spacial score (nSPS) is 14.0. The van der Waals surface area contributed by atoms with Crippen LogP contribution in [0.1, 0.15) is 27.8 Å². The van der Waals surface area contributed by atoms with E-state index in [1.807, 2.05) is 13.0 Å². The molecule has 0 radical (unpaired) electrons. The van der Waals surface area contributed by atoms with Gasteiger partial charge in [0.15, 0.2) is 0 Å². The average molecular weight is 376 g/mol. The Morgan fingerprint density at radius 3 is 2.50 bits per heavy atom. The quantitative estimate of drug-likeness (QED) is 0.892. The molecule has 2 aromatic rings. The van der Waals surface area contributed by atoms with Gasteiger partial charge in [-0.2, -0.15) is 5.26 Å². The highest BCUT2D eigenvalue weighted by Gasteiger charge is 2.27. The van der Waals surface area contributed by atoms with Crippen LogP contribution < -0.4 is 5.32 Å². The van der Waals surface area contributed by atoms with Gasteiger partial charge in [-0.25, -0.2) is 4.79 Å². The third-order valence-electron chi connectivity index (χ3n) is 5.16. The van der Waals surface area contributed by atoms with Crippen LogP contribution in [-0.4, -0.2) is 41.4 Å². The van der Waals surface area contributed by atoms with Gasteiger partial charge in [0.1, 0.15) is 6.54 Å². The predicted octanol–water partition coefficient (Wildman–Crippen LogP) is 3.36. The van der Waals surface area contributed by atoms with Crippen molar-refractivity contribution >= 4 is 17.6 Å². The first-order valence-electron chi connectivity index (χ1n) is 9.28. The Kier molecular flexibility index (Phi) is 5.65. The molecule has 0 saturated carbocycles. The highest BCUT2D eigenvalue weighted by atomic mass is 16.2. The van der Waals surface area contributed by atoms with Crippen LogP contribution in [0.2, 0.25) is 0 Å². The molecule has 0 unspecified atom stereocenters. The lowest BCUT2D eigenvalue weighted by atomic mass is 10.1. The maximum absolute atomic E-state index is 12.5. The van der Waals surface area contributed by atoms with E-state index in [-0.39, 0.29) is 18.5 Å². The van der Waals surface area contributed by atoms with Crippen molar-refractivity contribution in [3.8, 4) is 6.07 Å². The zero-order valence-corrected chi connectivity index (χ0v) is 16.5. The number of nitrogens with zero attached hydrogens (tertiary/aromatic N) is 3. The zero-order valence-electron chi connectivity index (χ0n) is 16.5. The molecule has 1 fully saturated rings. The predicted molar refractivity (Wildman–Crippen MR) is 108 cm³/mol. The number of amides is 3. The number of rotatable bonds is 3. The number of nitriles is 1. The summed E-state index contributed by atoms with van der Waals surface area (Å²) in [4.78, 5) is 28.3. The second kappa shape index (κ2) is 8.13. The Morgan fingerprint density at radius 1 is 1.07 bits per heavy atom. The van der Waals surface area contributed by atoms with Crippen LogP contribution in [0.4, 0.5) is 10.5 Å². The van der Waals surface area contributed by atoms with Crippen LogP contribution >= 0.6 is 0 Å². The summed E-state index contributed by atoms with van der Waals surface area (Å²) in [6, 6.07) is 13.2. The first-order valence-corrected chi connectivity index (χ1v) is 9.28. The molecule has 144 valence electrons. The van der Waals surface area contributed by atoms with Crippen molar-refractivity contribution in [2.24, 2.45) is 0 Å². The number of carbonyl (C=O) groups excluding carboxylic acids is 2. The summed E-state index contributed by atoms with van der Waals surface area (Å²) in [6.07, 6.45) is 0. The van der Waals surface area contributed by atoms with Gasteiger partial charge < -0.3 is 15.1 Å².